The molecule has 0 saturated heterocycles. The second-order valence-corrected chi connectivity index (χ2v) is 15.5. The largest absolute Gasteiger partial charge is 0.484 e. The van der Waals surface area contributed by atoms with Crippen LogP contribution >= 0.6 is 0 Å². The van der Waals surface area contributed by atoms with E-state index in [-0.39, 0.29) is 41.7 Å². The van der Waals surface area contributed by atoms with Crippen LogP contribution in [0.15, 0.2) is 36.0 Å². The van der Waals surface area contributed by atoms with Crippen LogP contribution in [-0.2, 0) is 19.6 Å². The summed E-state index contributed by atoms with van der Waals surface area (Å²) in [5, 5.41) is 48.1. The van der Waals surface area contributed by atoms with Crippen LogP contribution in [0.2, 0.25) is 0 Å². The summed E-state index contributed by atoms with van der Waals surface area (Å²) in [5.41, 5.74) is -1.98. The molecular weight excluding hydrogens is 575 g/mol. The van der Waals surface area contributed by atoms with Gasteiger partial charge in [-0.3, -0.25) is 4.79 Å². The van der Waals surface area contributed by atoms with E-state index in [9.17, 15) is 38.4 Å². The van der Waals surface area contributed by atoms with E-state index in [0.29, 0.717) is 22.7 Å². The van der Waals surface area contributed by atoms with Gasteiger partial charge in [-0.15, -0.1) is 6.58 Å². The number of hydrogen-bond donors (Lipinski definition) is 4. The number of ketones is 1. The third-order valence-corrected chi connectivity index (χ3v) is 12.5. The Kier molecular flexibility index (Phi) is 7.68. The standard InChI is InChI=1S/C30H41BN2O9S/c1-7-28(4)13-20(29(5)16(2)10-11-30(17(3)26(28)36)14-22(34)23(35)25(29)30)24(27(37)38)42-19-9-8-18-15-32-33(43(6,40)41)31(39)21(18)12-19/h7-9,12,15-17,20,22,24-26,34,36,39H,1,10-11,13-14H2,2-6H3,(H,37,38)/t16-,17+,20+,22?,24?,25+,26+,28-,29-,30+/m1/s1. The molecule has 1 aliphatic heterocycles. The topological polar surface area (TPSA) is 174 Å². The molecule has 1 aromatic carbocycles. The van der Waals surface area contributed by atoms with Gasteiger partial charge in [0.25, 0.3) is 0 Å². The number of carbonyl (C=O) groups excluding carboxylic acids is 1. The number of carboxylic acids is 1. The highest BCUT2D eigenvalue weighted by atomic mass is 32.2. The van der Waals surface area contributed by atoms with Crippen molar-refractivity contribution >= 4 is 40.5 Å². The van der Waals surface area contributed by atoms with Gasteiger partial charge >= 0.3 is 13.0 Å². The molecule has 13 heteroatoms. The lowest BCUT2D eigenvalue weighted by Crippen LogP contribution is -2.63. The Balaban J connectivity index is 1.64. The molecule has 3 fully saturated rings. The smallest absolute Gasteiger partial charge is 0.478 e. The molecule has 2 unspecified atom stereocenters. The third-order valence-electron chi connectivity index (χ3n) is 11.5. The SMILES string of the molecule is C=C[C@]1(C)C[C@@H](C(Oc2ccc3c(c2)B(O)N(S(C)(=O)=O)N=C3)C(=O)O)[C@@]2(C)[C@H](C)CC[C@]3(CC(O)C(=O)[C@H]32)[C@@H](C)[C@@H]1O. The molecule has 0 radical (unpaired) electrons. The van der Waals surface area contributed by atoms with Crippen molar-refractivity contribution in [2.45, 2.75) is 71.7 Å². The number of rotatable bonds is 6. The van der Waals surface area contributed by atoms with E-state index in [1.807, 2.05) is 27.7 Å². The van der Waals surface area contributed by atoms with Crippen LogP contribution in [0.3, 0.4) is 0 Å². The normalized spacial score (nSPS) is 39.8. The molecule has 1 aromatic rings. The van der Waals surface area contributed by atoms with Gasteiger partial charge in [-0.1, -0.05) is 39.8 Å². The number of hydrogen-bond acceptors (Lipinski definition) is 9. The second-order valence-electron chi connectivity index (χ2n) is 13.7. The highest BCUT2D eigenvalue weighted by molar-refractivity contribution is 7.89. The van der Waals surface area contributed by atoms with Gasteiger partial charge in [-0.05, 0) is 71.5 Å². The number of hydrazone groups is 1. The van der Waals surface area contributed by atoms with Crippen molar-refractivity contribution in [3.63, 3.8) is 0 Å². The molecule has 3 saturated carbocycles. The van der Waals surface area contributed by atoms with Crippen molar-refractivity contribution < 1.29 is 43.1 Å². The summed E-state index contributed by atoms with van der Waals surface area (Å²) in [6, 6.07) is 4.48. The van der Waals surface area contributed by atoms with E-state index in [0.717, 1.165) is 6.26 Å². The number of aliphatic carboxylic acids is 1. The van der Waals surface area contributed by atoms with Crippen LogP contribution in [0, 0.1) is 39.9 Å². The number of carbonyl (C=O) groups is 2. The van der Waals surface area contributed by atoms with Gasteiger partial charge in [0.05, 0.1) is 18.6 Å². The fourth-order valence-corrected chi connectivity index (χ4v) is 9.58. The molecule has 3 aliphatic carbocycles. The van der Waals surface area contributed by atoms with Crippen molar-refractivity contribution in [3.8, 4) is 5.75 Å². The molecular formula is C30H41BN2O9S. The van der Waals surface area contributed by atoms with Crippen molar-refractivity contribution in [1.82, 2.24) is 4.33 Å². The maximum absolute atomic E-state index is 13.8. The first-order valence-corrected chi connectivity index (χ1v) is 16.6. The van der Waals surface area contributed by atoms with Crippen LogP contribution in [0.4, 0.5) is 0 Å². The quantitative estimate of drug-likeness (QED) is 0.272. The molecule has 0 aromatic heterocycles. The minimum Gasteiger partial charge on any atom is -0.478 e. The molecule has 0 spiro atoms. The zero-order valence-electron chi connectivity index (χ0n) is 25.2. The average molecular weight is 617 g/mol. The van der Waals surface area contributed by atoms with Crippen molar-refractivity contribution in [2.75, 3.05) is 6.26 Å². The zero-order valence-corrected chi connectivity index (χ0v) is 26.0. The first kappa shape index (κ1) is 31.7. The Labute approximate surface area is 252 Å². The first-order chi connectivity index (χ1) is 19.9. The highest BCUT2D eigenvalue weighted by Gasteiger charge is 2.70. The lowest BCUT2D eigenvalue weighted by Gasteiger charge is -2.62. The number of carboxylic acid groups (broad SMARTS) is 1. The summed E-state index contributed by atoms with van der Waals surface area (Å²) in [5.74, 6) is -3.48. The van der Waals surface area contributed by atoms with Gasteiger partial charge in [0, 0.05) is 17.3 Å². The van der Waals surface area contributed by atoms with Crippen LogP contribution in [0.1, 0.15) is 58.9 Å². The van der Waals surface area contributed by atoms with E-state index in [4.69, 9.17) is 4.74 Å². The third kappa shape index (κ3) is 4.65. The van der Waals surface area contributed by atoms with Crippen molar-refractivity contribution in [2.24, 2.45) is 45.0 Å². The maximum Gasteiger partial charge on any atom is 0.484 e. The number of nitrogens with zero attached hydrogens (tertiary/aromatic N) is 2. The van der Waals surface area contributed by atoms with Crippen molar-refractivity contribution in [1.29, 1.82) is 0 Å². The van der Waals surface area contributed by atoms with E-state index < -0.39 is 69.4 Å². The van der Waals surface area contributed by atoms with Gasteiger partial charge in [0.2, 0.25) is 10.0 Å². The predicted molar refractivity (Wildman–Crippen MR) is 160 cm³/mol. The van der Waals surface area contributed by atoms with E-state index in [1.165, 1.54) is 18.3 Å². The summed E-state index contributed by atoms with van der Waals surface area (Å²) >= 11 is 0. The maximum atomic E-state index is 13.8. The second kappa shape index (κ2) is 10.4. The van der Waals surface area contributed by atoms with Crippen LogP contribution in [0.25, 0.3) is 0 Å². The minimum atomic E-state index is -3.89. The van der Waals surface area contributed by atoms with Gasteiger partial charge in [0.1, 0.15) is 11.9 Å². The molecule has 1 heterocycles. The summed E-state index contributed by atoms with van der Waals surface area (Å²) in [6.07, 6.45) is 1.86. The Morgan fingerprint density at radius 3 is 2.53 bits per heavy atom. The number of aliphatic hydroxyl groups excluding tert-OH is 2. The molecule has 4 N–H and O–H groups in total. The number of benzene rings is 1. The molecule has 11 nitrogen and oxygen atoms in total. The zero-order chi connectivity index (χ0) is 31.9. The fraction of sp³-hybridized carbons (Fsp3) is 0.633. The Bertz CT molecular complexity index is 1490. The Morgan fingerprint density at radius 1 is 1.26 bits per heavy atom. The van der Waals surface area contributed by atoms with Crippen molar-refractivity contribution in [3.05, 3.63) is 36.4 Å². The minimum absolute atomic E-state index is 0.0846. The van der Waals surface area contributed by atoms with E-state index >= 15 is 0 Å². The fourth-order valence-electron chi connectivity index (χ4n) is 8.89. The van der Waals surface area contributed by atoms with E-state index in [2.05, 4.69) is 11.7 Å². The Hall–Kier alpha value is -2.74. The van der Waals surface area contributed by atoms with Crippen LogP contribution < -0.4 is 10.2 Å². The summed E-state index contributed by atoms with van der Waals surface area (Å²) in [6.45, 7) is 11.7. The van der Waals surface area contributed by atoms with Gasteiger partial charge in [0.15, 0.2) is 11.9 Å². The number of ether oxygens (including phenoxy) is 1. The lowest BCUT2D eigenvalue weighted by atomic mass is 9.41. The Morgan fingerprint density at radius 2 is 1.93 bits per heavy atom. The van der Waals surface area contributed by atoms with Gasteiger partial charge in [-0.2, -0.15) is 5.10 Å². The summed E-state index contributed by atoms with van der Waals surface area (Å²) in [7, 11) is -5.54. The molecule has 10 atom stereocenters. The number of aliphatic hydroxyl groups is 2. The molecule has 234 valence electrons. The molecule has 2 bridgehead atoms. The van der Waals surface area contributed by atoms with E-state index in [1.54, 1.807) is 12.1 Å². The van der Waals surface area contributed by atoms with Gasteiger partial charge in [-0.25, -0.2) is 17.5 Å². The molecule has 43 heavy (non-hydrogen) atoms. The monoisotopic (exact) mass is 616 g/mol. The summed E-state index contributed by atoms with van der Waals surface area (Å²) in [4.78, 5) is 26.9. The average Bonchev–Trinajstić information content (AvgIpc) is 3.21. The number of sulfonamides is 1. The highest BCUT2D eigenvalue weighted by Crippen LogP contribution is 2.69. The number of Topliss-reactive ketones (excluding diaryl/α,β-unsaturated/α-hetero) is 1. The predicted octanol–water partition coefficient (Wildman–Crippen LogP) is 1.40. The number of fused-ring (bicyclic) bond motifs is 1. The lowest BCUT2D eigenvalue weighted by molar-refractivity contribution is -0.193. The first-order valence-electron chi connectivity index (χ1n) is 14.7. The molecule has 4 aliphatic rings. The van der Waals surface area contributed by atoms with Crippen LogP contribution in [0.5, 0.6) is 5.75 Å². The molecule has 5 rings (SSSR count). The molecule has 0 amide bonds. The van der Waals surface area contributed by atoms with Gasteiger partial charge < -0.3 is 25.1 Å². The summed E-state index contributed by atoms with van der Waals surface area (Å²) < 4.78 is 31.1. The van der Waals surface area contributed by atoms with Crippen LogP contribution in [-0.4, -0.2) is 82.7 Å².